The van der Waals surface area contributed by atoms with Crippen LogP contribution in [0.5, 0.6) is 17.8 Å². The standard InChI is InChI=1S/C11H12N6O4/c1-2-20-10-13-9(16-12)14-11(15-10)21-8-6-4-3-5-7(8)17(18)19/h3-6H,2,12H2,1H3,(H,13,14,15,16). The van der Waals surface area contributed by atoms with Gasteiger partial charge in [0.05, 0.1) is 11.5 Å². The largest absolute Gasteiger partial charge is 0.464 e. The minimum absolute atomic E-state index is 0.000815. The summed E-state index contributed by atoms with van der Waals surface area (Å²) in [7, 11) is 0. The molecule has 0 atom stereocenters. The van der Waals surface area contributed by atoms with Gasteiger partial charge in [-0.2, -0.15) is 9.97 Å². The number of ether oxygens (including phenoxy) is 2. The maximum Gasteiger partial charge on any atom is 0.330 e. The maximum atomic E-state index is 10.9. The fourth-order valence-corrected chi connectivity index (χ4v) is 1.43. The summed E-state index contributed by atoms with van der Waals surface area (Å²) >= 11 is 0. The monoisotopic (exact) mass is 292 g/mol. The maximum absolute atomic E-state index is 10.9. The van der Waals surface area contributed by atoms with Crippen molar-refractivity contribution in [2.75, 3.05) is 12.0 Å². The van der Waals surface area contributed by atoms with Crippen LogP contribution < -0.4 is 20.7 Å². The Labute approximate surface area is 119 Å². The van der Waals surface area contributed by atoms with E-state index in [2.05, 4.69) is 20.4 Å². The first-order valence-corrected chi connectivity index (χ1v) is 5.90. The normalized spacial score (nSPS) is 10.0. The number of para-hydroxylation sites is 2. The van der Waals surface area contributed by atoms with E-state index in [0.717, 1.165) is 0 Å². The van der Waals surface area contributed by atoms with Crippen LogP contribution in [0.1, 0.15) is 6.92 Å². The van der Waals surface area contributed by atoms with Crippen molar-refractivity contribution in [1.82, 2.24) is 15.0 Å². The molecule has 1 aromatic carbocycles. The Hall–Kier alpha value is -3.01. The Morgan fingerprint density at radius 3 is 2.67 bits per heavy atom. The van der Waals surface area contributed by atoms with Crippen LogP contribution in [-0.2, 0) is 0 Å². The molecular formula is C11H12N6O4. The zero-order chi connectivity index (χ0) is 15.2. The Morgan fingerprint density at radius 1 is 1.29 bits per heavy atom. The van der Waals surface area contributed by atoms with Crippen molar-refractivity contribution in [3.8, 4) is 17.8 Å². The summed E-state index contributed by atoms with van der Waals surface area (Å²) in [4.78, 5) is 21.9. The second-order valence-electron chi connectivity index (χ2n) is 3.63. The van der Waals surface area contributed by atoms with Crippen LogP contribution in [-0.4, -0.2) is 26.5 Å². The molecule has 1 aromatic heterocycles. The molecule has 1 heterocycles. The molecule has 0 aliphatic carbocycles. The van der Waals surface area contributed by atoms with E-state index in [9.17, 15) is 10.1 Å². The molecule has 21 heavy (non-hydrogen) atoms. The van der Waals surface area contributed by atoms with Crippen LogP contribution in [0.15, 0.2) is 24.3 Å². The first-order valence-electron chi connectivity index (χ1n) is 5.90. The molecule has 2 aromatic rings. The Bertz CT molecular complexity index is 650. The van der Waals surface area contributed by atoms with Crippen molar-refractivity contribution < 1.29 is 14.4 Å². The number of hydrazine groups is 1. The van der Waals surface area contributed by atoms with E-state index in [1.54, 1.807) is 13.0 Å². The molecule has 0 aliphatic rings. The van der Waals surface area contributed by atoms with Crippen molar-refractivity contribution in [3.63, 3.8) is 0 Å². The van der Waals surface area contributed by atoms with Gasteiger partial charge >= 0.3 is 17.7 Å². The molecular weight excluding hydrogens is 280 g/mol. The van der Waals surface area contributed by atoms with E-state index in [4.69, 9.17) is 15.3 Å². The molecule has 0 bridgehead atoms. The predicted octanol–water partition coefficient (Wildman–Crippen LogP) is 1.26. The number of benzene rings is 1. The van der Waals surface area contributed by atoms with Crippen LogP contribution in [0.4, 0.5) is 11.6 Å². The quantitative estimate of drug-likeness (QED) is 0.457. The third kappa shape index (κ3) is 3.51. The minimum Gasteiger partial charge on any atom is -0.464 e. The van der Waals surface area contributed by atoms with Crippen LogP contribution >= 0.6 is 0 Å². The summed E-state index contributed by atoms with van der Waals surface area (Å²) in [6.07, 6.45) is 0. The first-order chi connectivity index (χ1) is 10.1. The molecule has 0 aliphatic heterocycles. The molecule has 10 nitrogen and oxygen atoms in total. The summed E-state index contributed by atoms with van der Waals surface area (Å²) < 4.78 is 10.5. The molecule has 0 spiro atoms. The van der Waals surface area contributed by atoms with Crippen molar-refractivity contribution in [1.29, 1.82) is 0 Å². The highest BCUT2D eigenvalue weighted by Gasteiger charge is 2.17. The number of nitrogens with one attached hydrogen (secondary N) is 1. The van der Waals surface area contributed by atoms with Gasteiger partial charge in [-0.05, 0) is 13.0 Å². The smallest absolute Gasteiger partial charge is 0.330 e. The number of nitrogens with zero attached hydrogens (tertiary/aromatic N) is 4. The number of nitro benzene ring substituents is 1. The number of nitro groups is 1. The van der Waals surface area contributed by atoms with E-state index in [1.165, 1.54) is 18.2 Å². The summed E-state index contributed by atoms with van der Waals surface area (Å²) in [5.41, 5.74) is 2.02. The lowest BCUT2D eigenvalue weighted by atomic mass is 10.3. The van der Waals surface area contributed by atoms with E-state index in [-0.39, 0.29) is 29.4 Å². The average molecular weight is 292 g/mol. The summed E-state index contributed by atoms with van der Waals surface area (Å²) in [6, 6.07) is 5.68. The van der Waals surface area contributed by atoms with Crippen molar-refractivity contribution in [3.05, 3.63) is 34.4 Å². The van der Waals surface area contributed by atoms with Gasteiger partial charge in [0.2, 0.25) is 11.7 Å². The molecule has 0 unspecified atom stereocenters. The molecule has 0 radical (unpaired) electrons. The highest BCUT2D eigenvalue weighted by atomic mass is 16.6. The average Bonchev–Trinajstić information content (AvgIpc) is 2.47. The van der Waals surface area contributed by atoms with Gasteiger partial charge in [0.25, 0.3) is 0 Å². The number of nitrogen functional groups attached to an aromatic ring is 1. The van der Waals surface area contributed by atoms with Gasteiger partial charge in [-0.25, -0.2) is 5.84 Å². The lowest BCUT2D eigenvalue weighted by Crippen LogP contribution is -2.13. The van der Waals surface area contributed by atoms with Gasteiger partial charge in [-0.15, -0.1) is 4.98 Å². The van der Waals surface area contributed by atoms with Crippen LogP contribution in [0.25, 0.3) is 0 Å². The second-order valence-corrected chi connectivity index (χ2v) is 3.63. The highest BCUT2D eigenvalue weighted by molar-refractivity contribution is 5.47. The van der Waals surface area contributed by atoms with Gasteiger partial charge in [0.15, 0.2) is 0 Å². The SMILES string of the molecule is CCOc1nc(NN)nc(Oc2ccccc2[N+](=O)[O-])n1. The van der Waals surface area contributed by atoms with Crippen LogP contribution in [0.2, 0.25) is 0 Å². The molecule has 10 heteroatoms. The number of hydrogen-bond acceptors (Lipinski definition) is 9. The lowest BCUT2D eigenvalue weighted by Gasteiger charge is -2.07. The molecule has 0 fully saturated rings. The first kappa shape index (κ1) is 14.4. The number of nitrogens with two attached hydrogens (primary N) is 1. The number of rotatable bonds is 6. The summed E-state index contributed by atoms with van der Waals surface area (Å²) in [5.74, 6) is 5.25. The summed E-state index contributed by atoms with van der Waals surface area (Å²) in [6.45, 7) is 2.08. The third-order valence-corrected chi connectivity index (χ3v) is 2.26. The number of hydrogen-bond donors (Lipinski definition) is 2. The van der Waals surface area contributed by atoms with E-state index >= 15 is 0 Å². The van der Waals surface area contributed by atoms with Gasteiger partial charge < -0.3 is 9.47 Å². The molecule has 110 valence electrons. The second kappa shape index (κ2) is 6.43. The molecule has 0 saturated carbocycles. The van der Waals surface area contributed by atoms with Crippen molar-refractivity contribution in [2.24, 2.45) is 5.84 Å². The number of anilines is 1. The Morgan fingerprint density at radius 2 is 2.00 bits per heavy atom. The third-order valence-electron chi connectivity index (χ3n) is 2.26. The fraction of sp³-hybridized carbons (Fsp3) is 0.182. The number of aromatic nitrogens is 3. The van der Waals surface area contributed by atoms with E-state index < -0.39 is 4.92 Å². The zero-order valence-corrected chi connectivity index (χ0v) is 11.0. The molecule has 0 saturated heterocycles. The minimum atomic E-state index is -0.567. The predicted molar refractivity (Wildman–Crippen MR) is 72.0 cm³/mol. The molecule has 3 N–H and O–H groups in total. The van der Waals surface area contributed by atoms with Crippen molar-refractivity contribution >= 4 is 11.6 Å². The van der Waals surface area contributed by atoms with Crippen LogP contribution in [0.3, 0.4) is 0 Å². The van der Waals surface area contributed by atoms with Gasteiger partial charge in [-0.3, -0.25) is 15.5 Å². The van der Waals surface area contributed by atoms with E-state index in [1.807, 2.05) is 0 Å². The van der Waals surface area contributed by atoms with Gasteiger partial charge in [-0.1, -0.05) is 12.1 Å². The fourth-order valence-electron chi connectivity index (χ4n) is 1.43. The molecule has 2 rings (SSSR count). The highest BCUT2D eigenvalue weighted by Crippen LogP contribution is 2.29. The van der Waals surface area contributed by atoms with Crippen molar-refractivity contribution in [2.45, 2.75) is 6.92 Å². The van der Waals surface area contributed by atoms with Gasteiger partial charge in [0.1, 0.15) is 0 Å². The molecule has 0 amide bonds. The zero-order valence-electron chi connectivity index (χ0n) is 11.0. The summed E-state index contributed by atoms with van der Waals surface area (Å²) in [5, 5.41) is 10.9. The topological polar surface area (TPSA) is 138 Å². The van der Waals surface area contributed by atoms with Gasteiger partial charge in [0, 0.05) is 6.07 Å². The lowest BCUT2D eigenvalue weighted by molar-refractivity contribution is -0.385. The van der Waals surface area contributed by atoms with E-state index in [0.29, 0.717) is 6.61 Å². The van der Waals surface area contributed by atoms with Crippen LogP contribution in [0, 0.1) is 10.1 Å². The Balaban J connectivity index is 2.35. The Kier molecular flexibility index (Phi) is 4.41.